The Hall–Kier alpha value is -6.20. The second-order valence-corrected chi connectivity index (χ2v) is 35.7. The fourth-order valence-corrected chi connectivity index (χ4v) is 14.5. The average Bonchev–Trinajstić information content (AvgIpc) is 4.02. The van der Waals surface area contributed by atoms with E-state index in [2.05, 4.69) is 123 Å². The lowest BCUT2D eigenvalue weighted by Crippen LogP contribution is -2.44. The van der Waals surface area contributed by atoms with Crippen molar-refractivity contribution >= 4 is 101 Å². The topological polar surface area (TPSA) is 194 Å². The number of nitrogens with zero attached hydrogens (tertiary/aromatic N) is 12. The number of fused-ring (bicyclic) bond motifs is 6. The van der Waals surface area contributed by atoms with E-state index in [4.69, 9.17) is 31.2 Å². The quantitative estimate of drug-likeness (QED) is 0.0970. The molecule has 2 atom stereocenters. The van der Waals surface area contributed by atoms with Gasteiger partial charge in [0.1, 0.15) is 33.6 Å². The van der Waals surface area contributed by atoms with Crippen molar-refractivity contribution in [3.63, 3.8) is 0 Å². The zero-order chi connectivity index (χ0) is 57.8. The molecule has 3 N–H and O–H groups in total. The van der Waals surface area contributed by atoms with Crippen LogP contribution in [0.2, 0.25) is 41.4 Å². The third kappa shape index (κ3) is 12.0. The fraction of sp³-hybridized carbons (Fsp3) is 0.533. The highest BCUT2D eigenvalue weighted by Gasteiger charge is 2.42. The van der Waals surface area contributed by atoms with Gasteiger partial charge in [-0.15, -0.1) is 0 Å². The second kappa shape index (κ2) is 22.9. The van der Waals surface area contributed by atoms with Gasteiger partial charge in [-0.05, 0) is 111 Å². The van der Waals surface area contributed by atoms with Gasteiger partial charge in [-0.3, -0.25) is 18.7 Å². The van der Waals surface area contributed by atoms with E-state index < -0.39 is 16.6 Å². The van der Waals surface area contributed by atoms with Crippen LogP contribution >= 0.6 is 11.6 Å². The summed E-state index contributed by atoms with van der Waals surface area (Å²) in [5, 5.41) is 8.28. The van der Waals surface area contributed by atoms with E-state index in [-0.39, 0.29) is 33.2 Å². The van der Waals surface area contributed by atoms with Crippen molar-refractivity contribution in [2.75, 3.05) is 47.0 Å². The summed E-state index contributed by atoms with van der Waals surface area (Å²) in [6.07, 6.45) is 19.4. The summed E-state index contributed by atoms with van der Waals surface area (Å²) >= 11 is 5.84. The first-order valence-corrected chi connectivity index (χ1v) is 35.3. The molecule has 10 heterocycles. The molecule has 0 amide bonds. The van der Waals surface area contributed by atoms with Gasteiger partial charge in [-0.25, -0.2) is 19.9 Å². The molecule has 8 aromatic rings. The number of pyridine rings is 4. The smallest absolute Gasteiger partial charge is 0.251 e. The minimum atomic E-state index is -1.79. The summed E-state index contributed by atoms with van der Waals surface area (Å²) in [5.41, 5.74) is 11.5. The van der Waals surface area contributed by atoms with Gasteiger partial charge in [0.2, 0.25) is 11.9 Å². The predicted molar refractivity (Wildman–Crippen MR) is 335 cm³/mol. The number of nitrogens with two attached hydrogens (primary N) is 1. The first-order chi connectivity index (χ1) is 38.4. The molecule has 2 aliphatic heterocycles. The molecule has 0 unspecified atom stereocenters. The maximum absolute atomic E-state index is 12.5. The summed E-state index contributed by atoms with van der Waals surface area (Å²) in [5.74, 6) is 1.48. The molecule has 21 heteroatoms. The highest BCUT2D eigenvalue weighted by atomic mass is 35.5. The molecular formula is C60H83ClN14O4Si2. The van der Waals surface area contributed by atoms with Gasteiger partial charge in [0.25, 0.3) is 11.1 Å². The first-order valence-electron chi connectivity index (χ1n) is 29.1. The third-order valence-corrected chi connectivity index (χ3v) is 27.5. The Morgan fingerprint density at radius 1 is 0.568 bits per heavy atom. The fourth-order valence-electron chi connectivity index (χ4n) is 11.7. The predicted octanol–water partition coefficient (Wildman–Crippen LogP) is 12.5. The van der Waals surface area contributed by atoms with Gasteiger partial charge >= 0.3 is 0 Å². The van der Waals surface area contributed by atoms with Crippen molar-refractivity contribution in [2.45, 2.75) is 166 Å². The number of hydrogen-bond acceptors (Lipinski definition) is 14. The lowest BCUT2D eigenvalue weighted by molar-refractivity contribution is 0.201. The second-order valence-electron chi connectivity index (χ2n) is 25.8. The summed E-state index contributed by atoms with van der Waals surface area (Å²) in [7, 11) is 0.194. The van der Waals surface area contributed by atoms with Crippen LogP contribution < -0.4 is 32.0 Å². The Labute approximate surface area is 482 Å². The van der Waals surface area contributed by atoms with E-state index in [0.717, 1.165) is 120 Å². The molecule has 432 valence electrons. The van der Waals surface area contributed by atoms with Crippen LogP contribution in [-0.4, -0.2) is 103 Å². The number of nitrogens with one attached hydrogen (secondary N) is 1. The first kappa shape index (κ1) is 58.0. The summed E-state index contributed by atoms with van der Waals surface area (Å²) in [4.78, 5) is 56.2. The van der Waals surface area contributed by atoms with Gasteiger partial charge in [0, 0.05) is 98.4 Å². The Balaban J connectivity index is 0.000000151. The van der Waals surface area contributed by atoms with Crippen LogP contribution in [0.1, 0.15) is 118 Å². The largest absolute Gasteiger partial charge is 0.412 e. The highest BCUT2D eigenvalue weighted by molar-refractivity contribution is 6.74. The molecule has 8 aromatic heterocycles. The highest BCUT2D eigenvalue weighted by Crippen LogP contribution is 2.42. The number of hydrogen-bond donors (Lipinski definition) is 2. The number of aryl methyl sites for hydroxylation is 2. The van der Waals surface area contributed by atoms with E-state index >= 15 is 0 Å². The molecule has 4 fully saturated rings. The van der Waals surface area contributed by atoms with E-state index in [1.165, 1.54) is 25.7 Å². The molecule has 18 nitrogen and oxygen atoms in total. The molecule has 0 spiro atoms. The Kier molecular flexibility index (Phi) is 16.4. The standard InChI is InChI=1S/C30H41N7O2Si.C15H25ClN2OSi.C15H17N5O/c1-30(2,3)40(5,6)39-22-15-16-36(19-22)21-11-13-25(31-17-21)33-29-32-18-24-23-12-14-26(38)35(4)28(23)37(27(24)34-29)20-9-7-8-10-20;1-15(2,3)20(4,5)19-13-8-9-18(11-13)12-6-7-14(16)17-10-12;1-19-12(21)7-6-10-11-8-17-15(16)18-13(11)20(14(10)19)9-4-2-3-5-9/h11-14,17-18,20,22H,7-10,15-16,19H2,1-6H3,(H,31,32,33,34);6-7,10,13H,8-9,11H2,1-5H3;6-9H,2-5H2,1H3,(H2,16,17,18)/t22-;13-;/m11./s1. The molecule has 0 radical (unpaired) electrons. The Bertz CT molecular complexity index is 3670. The molecule has 0 bridgehead atoms. The number of rotatable bonds is 10. The summed E-state index contributed by atoms with van der Waals surface area (Å²) < 4.78 is 21.0. The van der Waals surface area contributed by atoms with Crippen LogP contribution in [0.25, 0.3) is 44.1 Å². The molecular weight excluding hydrogens is 1070 g/mol. The third-order valence-electron chi connectivity index (χ3n) is 18.2. The van der Waals surface area contributed by atoms with Crippen LogP contribution in [0.3, 0.4) is 0 Å². The molecule has 81 heavy (non-hydrogen) atoms. The van der Waals surface area contributed by atoms with Gasteiger partial charge in [0.05, 0.1) is 36.0 Å². The number of halogens is 1. The zero-order valence-electron chi connectivity index (χ0n) is 49.6. The number of anilines is 5. The van der Waals surface area contributed by atoms with E-state index in [1.54, 1.807) is 27.5 Å². The zero-order valence-corrected chi connectivity index (χ0v) is 52.3. The van der Waals surface area contributed by atoms with E-state index in [9.17, 15) is 9.59 Å². The monoisotopic (exact) mass is 1150 g/mol. The van der Waals surface area contributed by atoms with Gasteiger partial charge in [-0.1, -0.05) is 78.8 Å². The molecule has 4 aliphatic rings. The molecule has 2 saturated carbocycles. The van der Waals surface area contributed by atoms with Gasteiger partial charge in [-0.2, -0.15) is 9.97 Å². The SMILES string of the molecule is CC(C)(C)[Si](C)(C)O[C@@H]1CCN(c2ccc(Cl)nc2)C1.Cn1c(=O)ccc2c3cnc(N)nc3n(C3CCCC3)c21.Cn1c(=O)ccc2c3cnc(Nc4ccc(N5CC[C@@H](O[Si](C)(C)C(C)(C)C)C5)cn4)nc3n(C3CCCC3)c21. The van der Waals surface area contributed by atoms with Crippen LogP contribution in [0.15, 0.2) is 82.9 Å². The van der Waals surface area contributed by atoms with Crippen LogP contribution in [0, 0.1) is 0 Å². The van der Waals surface area contributed by atoms with Crippen molar-refractivity contribution < 1.29 is 8.85 Å². The Morgan fingerprint density at radius 3 is 1.47 bits per heavy atom. The Morgan fingerprint density at radius 2 is 1.02 bits per heavy atom. The van der Waals surface area contributed by atoms with Gasteiger partial charge in [0.15, 0.2) is 16.6 Å². The van der Waals surface area contributed by atoms with E-state index in [1.807, 2.05) is 63.0 Å². The maximum Gasteiger partial charge on any atom is 0.251 e. The van der Waals surface area contributed by atoms with Crippen LogP contribution in [-0.2, 0) is 22.9 Å². The molecule has 0 aromatic carbocycles. The lowest BCUT2D eigenvalue weighted by atomic mass is 10.2. The summed E-state index contributed by atoms with van der Waals surface area (Å²) in [6.45, 7) is 26.9. The average molecular weight is 1160 g/mol. The van der Waals surface area contributed by atoms with Crippen LogP contribution in [0.5, 0.6) is 0 Å². The van der Waals surface area contributed by atoms with Crippen molar-refractivity contribution in [2.24, 2.45) is 14.1 Å². The van der Waals surface area contributed by atoms with Crippen LogP contribution in [0.4, 0.5) is 29.1 Å². The normalized spacial score (nSPS) is 18.6. The minimum Gasteiger partial charge on any atom is -0.412 e. The van der Waals surface area contributed by atoms with Crippen molar-refractivity contribution in [3.05, 3.63) is 99.2 Å². The molecule has 12 rings (SSSR count). The maximum atomic E-state index is 12.5. The molecule has 2 saturated heterocycles. The molecule has 2 aliphatic carbocycles. The summed E-state index contributed by atoms with van der Waals surface area (Å²) in [6, 6.07) is 15.7. The minimum absolute atomic E-state index is 0.00881. The number of aromatic nitrogens is 10. The van der Waals surface area contributed by atoms with Crippen molar-refractivity contribution in [3.8, 4) is 0 Å². The van der Waals surface area contributed by atoms with Crippen molar-refractivity contribution in [1.29, 1.82) is 0 Å². The van der Waals surface area contributed by atoms with Crippen molar-refractivity contribution in [1.82, 2.24) is 48.2 Å². The van der Waals surface area contributed by atoms with Gasteiger partial charge < -0.3 is 38.8 Å². The number of nitrogen functional groups attached to an aromatic ring is 1. The van der Waals surface area contributed by atoms with E-state index in [0.29, 0.717) is 35.1 Å². The lowest BCUT2D eigenvalue weighted by Gasteiger charge is -2.38.